The highest BCUT2D eigenvalue weighted by Crippen LogP contribution is 2.32. The van der Waals surface area contributed by atoms with Crippen LogP contribution in [0.5, 0.6) is 11.5 Å². The molecular formula is C38H40N6O6. The molecule has 4 aromatic rings. The van der Waals surface area contributed by atoms with E-state index >= 15 is 0 Å². The van der Waals surface area contributed by atoms with Crippen molar-refractivity contribution in [3.8, 4) is 11.5 Å². The summed E-state index contributed by atoms with van der Waals surface area (Å²) in [6, 6.07) is 22.8. The molecule has 4 rings (SSSR count). The van der Waals surface area contributed by atoms with Crippen LogP contribution in [-0.2, 0) is 9.47 Å². The number of carbonyl (C=O) groups excluding carboxylic acids is 2. The Balaban J connectivity index is 1.45. The minimum Gasteiger partial charge on any atom is -0.507 e. The number of aromatic hydroxyl groups is 2. The van der Waals surface area contributed by atoms with Crippen LogP contribution in [0, 0.1) is 0 Å². The Morgan fingerprint density at radius 2 is 0.880 bits per heavy atom. The summed E-state index contributed by atoms with van der Waals surface area (Å²) in [5, 5.41) is 38.0. The number of hydrogen-bond acceptors (Lipinski definition) is 12. The van der Waals surface area contributed by atoms with Crippen molar-refractivity contribution < 1.29 is 29.3 Å². The third kappa shape index (κ3) is 9.75. The summed E-state index contributed by atoms with van der Waals surface area (Å²) in [5.74, 6) is -0.762. The largest absolute Gasteiger partial charge is 0.507 e. The first kappa shape index (κ1) is 36.8. The third-order valence-corrected chi connectivity index (χ3v) is 7.89. The Morgan fingerprint density at radius 1 is 0.560 bits per heavy atom. The summed E-state index contributed by atoms with van der Waals surface area (Å²) in [4.78, 5) is 33.3. The topological polar surface area (TPSA) is 167 Å². The van der Waals surface area contributed by atoms with E-state index in [1.807, 2.05) is 27.7 Å². The minimum atomic E-state index is -0.753. The van der Waals surface area contributed by atoms with Crippen LogP contribution in [0.4, 0.5) is 22.7 Å². The average Bonchev–Trinajstić information content (AvgIpc) is 3.10. The molecule has 0 aliphatic carbocycles. The number of aliphatic imine (C=N–C) groups is 2. The van der Waals surface area contributed by atoms with Gasteiger partial charge in [0.15, 0.2) is 0 Å². The second-order valence-corrected chi connectivity index (χ2v) is 12.1. The molecule has 0 amide bonds. The van der Waals surface area contributed by atoms with Crippen molar-refractivity contribution in [3.05, 3.63) is 107 Å². The Hall–Kier alpha value is -6.04. The maximum absolute atomic E-state index is 11.9. The standard InChI is InChI=1S/C38H40N6O6/c1-7-49-35(47)25-9-13-29(14-10-25)41-43-31-17-19-33(45)27(21-31)23-39-37(3,4)38(5,6)40-24-28-22-32(18-20-34(28)46)44-42-30-15-11-26(12-16-30)36(48)50-8-2/h9-24,45-46H,7-8H2,1-6H3. The van der Waals surface area contributed by atoms with Crippen LogP contribution < -0.4 is 0 Å². The van der Waals surface area contributed by atoms with Crippen LogP contribution in [0.2, 0.25) is 0 Å². The van der Waals surface area contributed by atoms with Crippen molar-refractivity contribution >= 4 is 47.1 Å². The van der Waals surface area contributed by atoms with Crippen molar-refractivity contribution in [1.82, 2.24) is 0 Å². The summed E-state index contributed by atoms with van der Waals surface area (Å²) in [6.07, 6.45) is 3.13. The first-order valence-corrected chi connectivity index (χ1v) is 16.0. The lowest BCUT2D eigenvalue weighted by atomic mass is 9.83. The van der Waals surface area contributed by atoms with E-state index in [1.165, 1.54) is 12.1 Å². The minimum absolute atomic E-state index is 0.0226. The van der Waals surface area contributed by atoms with Gasteiger partial charge in [-0.15, -0.1) is 0 Å². The molecule has 0 unspecified atom stereocenters. The Bertz CT molecular complexity index is 1790. The van der Waals surface area contributed by atoms with E-state index in [0.29, 0.717) is 58.2 Å². The molecule has 0 atom stereocenters. The van der Waals surface area contributed by atoms with Crippen LogP contribution in [0.25, 0.3) is 0 Å². The number of ether oxygens (including phenoxy) is 2. The highest BCUT2D eigenvalue weighted by Gasteiger charge is 2.36. The molecular weight excluding hydrogens is 636 g/mol. The highest BCUT2D eigenvalue weighted by atomic mass is 16.5. The van der Waals surface area contributed by atoms with Gasteiger partial charge in [0.25, 0.3) is 0 Å². The van der Waals surface area contributed by atoms with Gasteiger partial charge in [0.1, 0.15) is 11.5 Å². The Labute approximate surface area is 291 Å². The lowest BCUT2D eigenvalue weighted by Gasteiger charge is -2.35. The number of nitrogens with zero attached hydrogens (tertiary/aromatic N) is 6. The molecule has 0 heterocycles. The zero-order chi connectivity index (χ0) is 36.3. The number of azo groups is 2. The number of esters is 2. The third-order valence-electron chi connectivity index (χ3n) is 7.89. The molecule has 0 spiro atoms. The van der Waals surface area contributed by atoms with E-state index in [4.69, 9.17) is 19.5 Å². The zero-order valence-electron chi connectivity index (χ0n) is 28.9. The lowest BCUT2D eigenvalue weighted by molar-refractivity contribution is 0.0517. The van der Waals surface area contributed by atoms with E-state index in [1.54, 1.807) is 99.1 Å². The fraction of sp³-hybridized carbons (Fsp3) is 0.263. The average molecular weight is 677 g/mol. The van der Waals surface area contributed by atoms with Gasteiger partial charge < -0.3 is 19.7 Å². The van der Waals surface area contributed by atoms with Crippen molar-refractivity contribution in [3.63, 3.8) is 0 Å². The highest BCUT2D eigenvalue weighted by molar-refractivity contribution is 5.90. The summed E-state index contributed by atoms with van der Waals surface area (Å²) >= 11 is 0. The molecule has 2 N–H and O–H groups in total. The molecule has 258 valence electrons. The smallest absolute Gasteiger partial charge is 0.338 e. The van der Waals surface area contributed by atoms with Crippen LogP contribution in [0.15, 0.2) is 115 Å². The van der Waals surface area contributed by atoms with Crippen molar-refractivity contribution in [2.24, 2.45) is 30.4 Å². The molecule has 0 saturated heterocycles. The van der Waals surface area contributed by atoms with Crippen LogP contribution in [0.1, 0.15) is 73.4 Å². The van der Waals surface area contributed by atoms with Gasteiger partial charge in [0.2, 0.25) is 0 Å². The van der Waals surface area contributed by atoms with Gasteiger partial charge in [0.05, 0.1) is 58.2 Å². The second-order valence-electron chi connectivity index (χ2n) is 12.1. The lowest BCUT2D eigenvalue weighted by Crippen LogP contribution is -2.42. The fourth-order valence-electron chi connectivity index (χ4n) is 4.18. The van der Waals surface area contributed by atoms with Gasteiger partial charge in [0, 0.05) is 23.6 Å². The first-order valence-electron chi connectivity index (χ1n) is 16.0. The molecule has 0 aliphatic heterocycles. The SMILES string of the molecule is CCOC(=O)c1ccc(N=Nc2ccc(O)c(C=NC(C)(C)C(C)(C)N=Cc3cc(N=Nc4ccc(C(=O)OCC)cc4)ccc3O)c2)cc1. The summed E-state index contributed by atoms with van der Waals surface area (Å²) < 4.78 is 10.0. The quantitative estimate of drug-likeness (QED) is 0.0812. The molecule has 12 heteroatoms. The van der Waals surface area contributed by atoms with E-state index in [-0.39, 0.29) is 11.5 Å². The van der Waals surface area contributed by atoms with Gasteiger partial charge in [-0.3, -0.25) is 9.98 Å². The summed E-state index contributed by atoms with van der Waals surface area (Å²) in [7, 11) is 0. The maximum Gasteiger partial charge on any atom is 0.338 e. The molecule has 0 bridgehead atoms. The number of carbonyl (C=O) groups is 2. The van der Waals surface area contributed by atoms with Crippen molar-refractivity contribution in [2.75, 3.05) is 13.2 Å². The number of rotatable bonds is 13. The maximum atomic E-state index is 11.9. The van der Waals surface area contributed by atoms with Gasteiger partial charge in [-0.2, -0.15) is 20.5 Å². The van der Waals surface area contributed by atoms with Gasteiger partial charge in [-0.05, 0) is 126 Å². The van der Waals surface area contributed by atoms with Crippen molar-refractivity contribution in [2.45, 2.75) is 52.6 Å². The van der Waals surface area contributed by atoms with Crippen LogP contribution in [-0.4, -0.2) is 58.9 Å². The monoisotopic (exact) mass is 676 g/mol. The van der Waals surface area contributed by atoms with E-state index in [9.17, 15) is 19.8 Å². The molecule has 0 aliphatic rings. The van der Waals surface area contributed by atoms with Gasteiger partial charge in [-0.1, -0.05) is 0 Å². The molecule has 50 heavy (non-hydrogen) atoms. The number of phenolic OH excluding ortho intramolecular Hbond substituents is 2. The van der Waals surface area contributed by atoms with Crippen molar-refractivity contribution in [1.29, 1.82) is 0 Å². The molecule has 4 aromatic carbocycles. The Kier molecular flexibility index (Phi) is 12.1. The Morgan fingerprint density at radius 3 is 1.22 bits per heavy atom. The molecule has 0 radical (unpaired) electrons. The number of benzene rings is 4. The fourth-order valence-corrected chi connectivity index (χ4v) is 4.18. The van der Waals surface area contributed by atoms with Gasteiger partial charge >= 0.3 is 11.9 Å². The van der Waals surface area contributed by atoms with Crippen LogP contribution >= 0.6 is 0 Å². The molecule has 0 aromatic heterocycles. The molecule has 12 nitrogen and oxygen atoms in total. The number of hydrogen-bond donors (Lipinski definition) is 2. The normalized spacial score (nSPS) is 12.4. The predicted octanol–water partition coefficient (Wildman–Crippen LogP) is 9.38. The first-order chi connectivity index (χ1) is 23.8. The van der Waals surface area contributed by atoms with E-state index in [0.717, 1.165) is 0 Å². The molecule has 0 saturated carbocycles. The van der Waals surface area contributed by atoms with Gasteiger partial charge in [-0.25, -0.2) is 9.59 Å². The zero-order valence-corrected chi connectivity index (χ0v) is 28.9. The van der Waals surface area contributed by atoms with E-state index in [2.05, 4.69) is 20.5 Å². The summed E-state index contributed by atoms with van der Waals surface area (Å²) in [6.45, 7) is 11.7. The summed E-state index contributed by atoms with van der Waals surface area (Å²) in [5.41, 5.74) is 2.31. The molecule has 0 fully saturated rings. The van der Waals surface area contributed by atoms with Crippen LogP contribution in [0.3, 0.4) is 0 Å². The number of phenols is 2. The predicted molar refractivity (Wildman–Crippen MR) is 193 cm³/mol. The van der Waals surface area contributed by atoms with E-state index < -0.39 is 23.0 Å². The second kappa shape index (κ2) is 16.4.